The van der Waals surface area contributed by atoms with Crippen molar-refractivity contribution in [3.05, 3.63) is 154 Å². The molecule has 0 aliphatic rings. The average Bonchev–Trinajstić information content (AvgIpc) is 2.99. The van der Waals surface area contributed by atoms with Crippen molar-refractivity contribution in [1.29, 1.82) is 0 Å². The van der Waals surface area contributed by atoms with Gasteiger partial charge in [-0.1, -0.05) is 138 Å². The number of phenols is 2. The summed E-state index contributed by atoms with van der Waals surface area (Å²) in [6.45, 7) is 13.1. The lowest BCUT2D eigenvalue weighted by molar-refractivity contribution is 0.465. The van der Waals surface area contributed by atoms with E-state index in [4.69, 9.17) is 0 Å². The van der Waals surface area contributed by atoms with Gasteiger partial charge in [-0.05, 0) is 63.6 Å². The van der Waals surface area contributed by atoms with Crippen LogP contribution in [0.5, 0.6) is 11.5 Å². The largest absolute Gasteiger partial charge is 0.508 e. The van der Waals surface area contributed by atoms with E-state index in [1.165, 1.54) is 33.4 Å². The molecule has 208 valence electrons. The van der Waals surface area contributed by atoms with E-state index in [9.17, 15) is 10.2 Å². The molecular weight excluding hydrogens is 500 g/mol. The fraction of sp³-hybridized carbons (Fsp3) is 0.231. The summed E-state index contributed by atoms with van der Waals surface area (Å²) in [5.74, 6) is 0.685. The number of aryl methyl sites for hydroxylation is 1. The zero-order valence-corrected chi connectivity index (χ0v) is 24.9. The van der Waals surface area contributed by atoms with Gasteiger partial charge in [-0.2, -0.15) is 0 Å². The smallest absolute Gasteiger partial charge is 0.119 e. The third-order valence-corrected chi connectivity index (χ3v) is 8.96. The van der Waals surface area contributed by atoms with Gasteiger partial charge in [0.25, 0.3) is 0 Å². The molecule has 0 aromatic heterocycles. The molecule has 1 unspecified atom stereocenters. The molecule has 1 atom stereocenters. The summed E-state index contributed by atoms with van der Waals surface area (Å²) >= 11 is 0. The Labute approximate surface area is 245 Å². The number of aromatic hydroxyl groups is 2. The maximum Gasteiger partial charge on any atom is 0.119 e. The number of hydrogen-bond donors (Lipinski definition) is 2. The second-order valence-corrected chi connectivity index (χ2v) is 12.3. The summed E-state index contributed by atoms with van der Waals surface area (Å²) < 4.78 is 0. The van der Waals surface area contributed by atoms with Crippen molar-refractivity contribution in [2.75, 3.05) is 0 Å². The number of phenolic OH excluding ortho intramolecular Hbond substituents is 2. The first-order valence-corrected chi connectivity index (χ1v) is 14.4. The maximum absolute atomic E-state index is 10.9. The summed E-state index contributed by atoms with van der Waals surface area (Å²) in [5.41, 5.74) is 9.62. The zero-order valence-electron chi connectivity index (χ0n) is 24.9. The van der Waals surface area contributed by atoms with E-state index in [1.807, 2.05) is 31.2 Å². The van der Waals surface area contributed by atoms with Crippen LogP contribution in [-0.4, -0.2) is 10.2 Å². The maximum atomic E-state index is 10.9. The second kappa shape index (κ2) is 10.9. The van der Waals surface area contributed by atoms with Gasteiger partial charge < -0.3 is 10.2 Å². The summed E-state index contributed by atoms with van der Waals surface area (Å²) in [6, 6.07) is 39.8. The molecule has 0 radical (unpaired) electrons. The molecular formula is C39H40O2. The van der Waals surface area contributed by atoms with Gasteiger partial charge in [0, 0.05) is 22.3 Å². The van der Waals surface area contributed by atoms with E-state index in [0.29, 0.717) is 11.5 Å². The number of hydrogen-bond acceptors (Lipinski definition) is 2. The predicted octanol–water partition coefficient (Wildman–Crippen LogP) is 9.88. The van der Waals surface area contributed by atoms with Crippen LogP contribution >= 0.6 is 0 Å². The minimum absolute atomic E-state index is 0.0403. The molecule has 2 N–H and O–H groups in total. The van der Waals surface area contributed by atoms with Crippen molar-refractivity contribution in [1.82, 2.24) is 0 Å². The zero-order chi connectivity index (χ0) is 29.4. The normalized spacial score (nSPS) is 12.7. The van der Waals surface area contributed by atoms with Crippen molar-refractivity contribution < 1.29 is 10.2 Å². The van der Waals surface area contributed by atoms with Gasteiger partial charge in [0.1, 0.15) is 11.5 Å². The van der Waals surface area contributed by atoms with Crippen molar-refractivity contribution in [2.45, 2.75) is 58.3 Å². The highest BCUT2D eigenvalue weighted by Crippen LogP contribution is 2.40. The molecule has 0 amide bonds. The molecule has 2 heteroatoms. The Morgan fingerprint density at radius 2 is 1.02 bits per heavy atom. The molecule has 5 aromatic carbocycles. The predicted molar refractivity (Wildman–Crippen MR) is 171 cm³/mol. The molecule has 0 spiro atoms. The summed E-state index contributed by atoms with van der Waals surface area (Å²) in [6.07, 6.45) is 0. The van der Waals surface area contributed by atoms with Crippen LogP contribution in [0, 0.1) is 6.92 Å². The average molecular weight is 541 g/mol. The topological polar surface area (TPSA) is 40.5 Å². The van der Waals surface area contributed by atoms with E-state index < -0.39 is 0 Å². The monoisotopic (exact) mass is 540 g/mol. The molecule has 0 fully saturated rings. The van der Waals surface area contributed by atoms with Crippen molar-refractivity contribution in [3.63, 3.8) is 0 Å². The lowest BCUT2D eigenvalue weighted by Gasteiger charge is -2.31. The molecule has 5 rings (SSSR count). The minimum atomic E-state index is -0.281. The Morgan fingerprint density at radius 3 is 1.61 bits per heavy atom. The van der Waals surface area contributed by atoms with Gasteiger partial charge in [0.2, 0.25) is 0 Å². The van der Waals surface area contributed by atoms with E-state index in [1.54, 1.807) is 6.07 Å². The molecule has 0 aliphatic heterocycles. The number of benzene rings is 5. The SMILES string of the molecule is Cc1cc(C(C)(C)c2cccc(C(C)(C)c3ccc(O)c(C(C)c4ccc(-c5ccccc5)cc4)c3)c2)ccc1O. The van der Waals surface area contributed by atoms with E-state index >= 15 is 0 Å². The summed E-state index contributed by atoms with van der Waals surface area (Å²) in [5, 5.41) is 21.0. The molecule has 0 heterocycles. The quantitative estimate of drug-likeness (QED) is 0.216. The highest BCUT2D eigenvalue weighted by molar-refractivity contribution is 5.64. The highest BCUT2D eigenvalue weighted by Gasteiger charge is 2.29. The second-order valence-electron chi connectivity index (χ2n) is 12.3. The molecule has 5 aromatic rings. The first kappa shape index (κ1) is 28.2. The standard InChI is InChI=1S/C39H40O2/c1-26-23-33(19-21-36(26)40)38(3,4)31-13-10-14-32(24-31)39(5,6)34-20-22-37(41)35(25-34)27(2)28-15-17-30(18-16-28)29-11-8-7-9-12-29/h7-25,27,40-41H,1-6H3. The van der Waals surface area contributed by atoms with Crippen LogP contribution in [0.2, 0.25) is 0 Å². The Bertz CT molecular complexity index is 1660. The van der Waals surface area contributed by atoms with Crippen molar-refractivity contribution in [3.8, 4) is 22.6 Å². The van der Waals surface area contributed by atoms with Gasteiger partial charge in [0.05, 0.1) is 0 Å². The Kier molecular flexibility index (Phi) is 7.53. The number of rotatable bonds is 7. The fourth-order valence-electron chi connectivity index (χ4n) is 5.74. The van der Waals surface area contributed by atoms with E-state index in [-0.39, 0.29) is 16.7 Å². The third-order valence-electron chi connectivity index (χ3n) is 8.96. The van der Waals surface area contributed by atoms with E-state index in [0.717, 1.165) is 16.7 Å². The van der Waals surface area contributed by atoms with Gasteiger partial charge in [-0.25, -0.2) is 0 Å². The lowest BCUT2D eigenvalue weighted by atomic mass is 9.72. The van der Waals surface area contributed by atoms with Crippen molar-refractivity contribution in [2.24, 2.45) is 0 Å². The molecule has 0 saturated carbocycles. The van der Waals surface area contributed by atoms with Crippen LogP contribution in [-0.2, 0) is 10.8 Å². The van der Waals surface area contributed by atoms with Gasteiger partial charge in [-0.15, -0.1) is 0 Å². The fourth-order valence-corrected chi connectivity index (χ4v) is 5.74. The molecule has 2 nitrogen and oxygen atoms in total. The Balaban J connectivity index is 1.46. The van der Waals surface area contributed by atoms with Crippen LogP contribution < -0.4 is 0 Å². The summed E-state index contributed by atoms with van der Waals surface area (Å²) in [7, 11) is 0. The molecule has 0 saturated heterocycles. The molecule has 0 bridgehead atoms. The minimum Gasteiger partial charge on any atom is -0.508 e. The van der Waals surface area contributed by atoms with Gasteiger partial charge in [-0.3, -0.25) is 0 Å². The van der Waals surface area contributed by atoms with Crippen LogP contribution in [0.4, 0.5) is 0 Å². The first-order chi connectivity index (χ1) is 19.5. The van der Waals surface area contributed by atoms with Gasteiger partial charge in [0.15, 0.2) is 0 Å². The molecule has 0 aliphatic carbocycles. The lowest BCUT2D eigenvalue weighted by Crippen LogP contribution is -2.23. The third kappa shape index (κ3) is 5.52. The Morgan fingerprint density at radius 1 is 0.512 bits per heavy atom. The van der Waals surface area contributed by atoms with Crippen LogP contribution in [0.3, 0.4) is 0 Å². The van der Waals surface area contributed by atoms with E-state index in [2.05, 4.69) is 120 Å². The summed E-state index contributed by atoms with van der Waals surface area (Å²) in [4.78, 5) is 0. The van der Waals surface area contributed by atoms with Crippen LogP contribution in [0.1, 0.15) is 79.5 Å². The Hall–Kier alpha value is -4.30. The van der Waals surface area contributed by atoms with Crippen LogP contribution in [0.15, 0.2) is 115 Å². The molecule has 41 heavy (non-hydrogen) atoms. The van der Waals surface area contributed by atoms with Crippen LogP contribution in [0.25, 0.3) is 11.1 Å². The van der Waals surface area contributed by atoms with Gasteiger partial charge >= 0.3 is 0 Å². The van der Waals surface area contributed by atoms with Crippen molar-refractivity contribution >= 4 is 0 Å². The first-order valence-electron chi connectivity index (χ1n) is 14.4. The highest BCUT2D eigenvalue weighted by atomic mass is 16.3.